The molecule has 0 radical (unpaired) electrons. The van der Waals surface area contributed by atoms with Crippen LogP contribution in [0.3, 0.4) is 0 Å². The van der Waals surface area contributed by atoms with Gasteiger partial charge in [0.2, 0.25) is 11.8 Å². The molecule has 0 atom stereocenters. The van der Waals surface area contributed by atoms with Crippen LogP contribution in [0.2, 0.25) is 0 Å². The summed E-state index contributed by atoms with van der Waals surface area (Å²) in [5.74, 6) is -0.119. The van der Waals surface area contributed by atoms with E-state index >= 15 is 0 Å². The molecule has 0 saturated carbocycles. The number of rotatable bonds is 6. The molecule has 27 heavy (non-hydrogen) atoms. The van der Waals surface area contributed by atoms with Crippen LogP contribution < -0.4 is 10.6 Å². The second-order valence-corrected chi connectivity index (χ2v) is 7.22. The minimum absolute atomic E-state index is 0.0594. The molecular formula is C20H25N5O2. The van der Waals surface area contributed by atoms with Crippen molar-refractivity contribution in [2.75, 3.05) is 51.9 Å². The molecule has 0 aliphatic rings. The van der Waals surface area contributed by atoms with Crippen molar-refractivity contribution in [3.8, 4) is 0 Å². The average Bonchev–Trinajstić information content (AvgIpc) is 2.90. The highest BCUT2D eigenvalue weighted by atomic mass is 16.2. The number of anilines is 2. The van der Waals surface area contributed by atoms with Gasteiger partial charge in [0.15, 0.2) is 0 Å². The number of hydrogen-bond donors (Lipinski definition) is 3. The largest absolute Gasteiger partial charge is 0.355 e. The smallest absolute Gasteiger partial charge is 0.238 e. The SMILES string of the molecule is CN(C)CC(=O)Nc1ccc2[nH]c3ccc(NC(=O)CN(C)C)cc3c2c1. The lowest BCUT2D eigenvalue weighted by atomic mass is 10.1. The van der Waals surface area contributed by atoms with Crippen LogP contribution >= 0.6 is 0 Å². The van der Waals surface area contributed by atoms with Gasteiger partial charge in [-0.3, -0.25) is 9.59 Å². The first-order chi connectivity index (χ1) is 12.8. The summed E-state index contributed by atoms with van der Waals surface area (Å²) in [5.41, 5.74) is 3.45. The van der Waals surface area contributed by atoms with Gasteiger partial charge in [-0.15, -0.1) is 0 Å². The Bertz CT molecular complexity index is 912. The predicted octanol–water partition coefficient (Wildman–Crippen LogP) is 2.32. The number of fused-ring (bicyclic) bond motifs is 3. The van der Waals surface area contributed by atoms with E-state index in [9.17, 15) is 9.59 Å². The molecule has 1 aromatic heterocycles. The van der Waals surface area contributed by atoms with Gasteiger partial charge in [0.05, 0.1) is 13.1 Å². The second kappa shape index (κ2) is 7.77. The number of likely N-dealkylation sites (N-methyl/N-ethyl adjacent to an activating group) is 2. The van der Waals surface area contributed by atoms with Crippen LogP contribution in [-0.4, -0.2) is 67.9 Å². The number of aromatic nitrogens is 1. The molecule has 0 saturated heterocycles. The van der Waals surface area contributed by atoms with Gasteiger partial charge in [-0.05, 0) is 64.6 Å². The van der Waals surface area contributed by atoms with Crippen molar-refractivity contribution in [3.05, 3.63) is 36.4 Å². The Balaban J connectivity index is 1.90. The van der Waals surface area contributed by atoms with Gasteiger partial charge in [-0.2, -0.15) is 0 Å². The molecule has 3 rings (SSSR count). The number of amides is 2. The van der Waals surface area contributed by atoms with Gasteiger partial charge < -0.3 is 25.4 Å². The number of carbonyl (C=O) groups excluding carboxylic acids is 2. The van der Waals surface area contributed by atoms with E-state index in [1.54, 1.807) is 0 Å². The Labute approximate surface area is 158 Å². The fourth-order valence-corrected chi connectivity index (χ4v) is 3.03. The van der Waals surface area contributed by atoms with E-state index in [4.69, 9.17) is 0 Å². The maximum Gasteiger partial charge on any atom is 0.238 e. The summed E-state index contributed by atoms with van der Waals surface area (Å²) in [6.07, 6.45) is 0. The molecule has 3 aromatic rings. The maximum absolute atomic E-state index is 12.0. The highest BCUT2D eigenvalue weighted by Gasteiger charge is 2.10. The third kappa shape index (κ3) is 4.64. The molecule has 2 amide bonds. The summed E-state index contributed by atoms with van der Waals surface area (Å²) in [4.78, 5) is 31.0. The van der Waals surface area contributed by atoms with Gasteiger partial charge >= 0.3 is 0 Å². The number of benzene rings is 2. The van der Waals surface area contributed by atoms with Crippen LogP contribution in [0.4, 0.5) is 11.4 Å². The molecule has 2 aromatic carbocycles. The fraction of sp³-hybridized carbons (Fsp3) is 0.300. The average molecular weight is 367 g/mol. The first-order valence-electron chi connectivity index (χ1n) is 8.76. The number of nitrogens with one attached hydrogen (secondary N) is 3. The molecule has 3 N–H and O–H groups in total. The van der Waals surface area contributed by atoms with Gasteiger partial charge in [-0.25, -0.2) is 0 Å². The summed E-state index contributed by atoms with van der Waals surface area (Å²) in [7, 11) is 7.42. The van der Waals surface area contributed by atoms with Gasteiger partial charge in [0.25, 0.3) is 0 Å². The molecule has 0 spiro atoms. The zero-order chi connectivity index (χ0) is 19.6. The Hall–Kier alpha value is -2.90. The van der Waals surface area contributed by atoms with Gasteiger partial charge in [0.1, 0.15) is 0 Å². The number of nitrogens with zero attached hydrogens (tertiary/aromatic N) is 2. The predicted molar refractivity (Wildman–Crippen MR) is 110 cm³/mol. The van der Waals surface area contributed by atoms with Crippen LogP contribution in [0.25, 0.3) is 21.8 Å². The summed E-state index contributed by atoms with van der Waals surface area (Å²) in [5, 5.41) is 7.83. The lowest BCUT2D eigenvalue weighted by Gasteiger charge is -2.10. The third-order valence-electron chi connectivity index (χ3n) is 4.09. The van der Waals surface area contributed by atoms with Gasteiger partial charge in [0, 0.05) is 33.2 Å². The quantitative estimate of drug-likeness (QED) is 0.625. The third-order valence-corrected chi connectivity index (χ3v) is 4.09. The van der Waals surface area contributed by atoms with E-state index < -0.39 is 0 Å². The molecule has 0 unspecified atom stereocenters. The van der Waals surface area contributed by atoms with Crippen molar-refractivity contribution in [2.45, 2.75) is 0 Å². The number of hydrogen-bond acceptors (Lipinski definition) is 4. The minimum atomic E-state index is -0.0594. The van der Waals surface area contributed by atoms with Gasteiger partial charge in [-0.1, -0.05) is 0 Å². The number of H-pyrrole nitrogens is 1. The van der Waals surface area contributed by atoms with Crippen LogP contribution in [0.1, 0.15) is 0 Å². The lowest BCUT2D eigenvalue weighted by Crippen LogP contribution is -2.27. The highest BCUT2D eigenvalue weighted by molar-refractivity contribution is 6.10. The minimum Gasteiger partial charge on any atom is -0.355 e. The van der Waals surface area contributed by atoms with Crippen molar-refractivity contribution < 1.29 is 9.59 Å². The molecule has 0 aliphatic carbocycles. The Morgan fingerprint density at radius 2 is 1.19 bits per heavy atom. The molecular weight excluding hydrogens is 342 g/mol. The fourth-order valence-electron chi connectivity index (χ4n) is 3.03. The molecule has 0 bridgehead atoms. The van der Waals surface area contributed by atoms with Crippen molar-refractivity contribution in [2.24, 2.45) is 0 Å². The van der Waals surface area contributed by atoms with Crippen LogP contribution in [0.5, 0.6) is 0 Å². The first kappa shape index (κ1) is 18.9. The van der Waals surface area contributed by atoms with E-state index in [0.29, 0.717) is 13.1 Å². The van der Waals surface area contributed by atoms with E-state index in [2.05, 4.69) is 15.6 Å². The summed E-state index contributed by atoms with van der Waals surface area (Å²) in [6, 6.07) is 11.6. The molecule has 142 valence electrons. The lowest BCUT2D eigenvalue weighted by molar-refractivity contribution is -0.117. The highest BCUT2D eigenvalue weighted by Crippen LogP contribution is 2.30. The van der Waals surface area contributed by atoms with Crippen molar-refractivity contribution in [1.29, 1.82) is 0 Å². The molecule has 7 nitrogen and oxygen atoms in total. The zero-order valence-corrected chi connectivity index (χ0v) is 16.1. The van der Waals surface area contributed by atoms with Crippen LogP contribution in [0, 0.1) is 0 Å². The van der Waals surface area contributed by atoms with Crippen LogP contribution in [-0.2, 0) is 9.59 Å². The van der Waals surface area contributed by atoms with Crippen molar-refractivity contribution >= 4 is 45.0 Å². The van der Waals surface area contributed by atoms with E-state index in [1.807, 2.05) is 74.4 Å². The van der Waals surface area contributed by atoms with Crippen molar-refractivity contribution in [3.63, 3.8) is 0 Å². The summed E-state index contributed by atoms with van der Waals surface area (Å²) < 4.78 is 0. The first-order valence-corrected chi connectivity index (χ1v) is 8.76. The molecule has 1 heterocycles. The Morgan fingerprint density at radius 3 is 1.56 bits per heavy atom. The topological polar surface area (TPSA) is 80.5 Å². The summed E-state index contributed by atoms with van der Waals surface area (Å²) in [6.45, 7) is 0.655. The van der Waals surface area contributed by atoms with Crippen molar-refractivity contribution in [1.82, 2.24) is 14.8 Å². The van der Waals surface area contributed by atoms with E-state index in [-0.39, 0.29) is 11.8 Å². The second-order valence-electron chi connectivity index (χ2n) is 7.22. The Morgan fingerprint density at radius 1 is 0.778 bits per heavy atom. The summed E-state index contributed by atoms with van der Waals surface area (Å²) >= 11 is 0. The zero-order valence-electron chi connectivity index (χ0n) is 16.1. The molecule has 0 fully saturated rings. The van der Waals surface area contributed by atoms with Crippen LogP contribution in [0.15, 0.2) is 36.4 Å². The number of carbonyl (C=O) groups is 2. The standard InChI is InChI=1S/C20H25N5O2/c1-24(2)11-19(26)21-13-5-7-17-15(9-13)16-10-14(6-8-18(16)23-17)22-20(27)12-25(3)4/h5-10,23H,11-12H2,1-4H3,(H,21,26)(H,22,27). The number of aromatic amines is 1. The molecule has 0 aliphatic heterocycles. The van der Waals surface area contributed by atoms with E-state index in [1.165, 1.54) is 0 Å². The monoisotopic (exact) mass is 367 g/mol. The Kier molecular flexibility index (Phi) is 5.43. The van der Waals surface area contributed by atoms with E-state index in [0.717, 1.165) is 33.2 Å². The molecule has 7 heteroatoms. The normalized spacial score (nSPS) is 11.5. The maximum atomic E-state index is 12.0.